The van der Waals surface area contributed by atoms with Crippen LogP contribution < -0.4 is 10.6 Å². The zero-order valence-electron chi connectivity index (χ0n) is 11.4. The molecule has 98 valence electrons. The van der Waals surface area contributed by atoms with Crippen molar-refractivity contribution in [3.8, 4) is 0 Å². The molecule has 2 rings (SSSR count). The summed E-state index contributed by atoms with van der Waals surface area (Å²) in [4.78, 5) is 6.89. The minimum atomic E-state index is 0.438. The van der Waals surface area contributed by atoms with E-state index < -0.39 is 0 Å². The topological polar surface area (TPSA) is 39.7 Å². The van der Waals surface area contributed by atoms with E-state index in [-0.39, 0.29) is 0 Å². The predicted octanol–water partition coefficient (Wildman–Crippen LogP) is 1.04. The van der Waals surface area contributed by atoms with Gasteiger partial charge in [0.05, 0.1) is 0 Å². The fraction of sp³-hybridized carbons (Fsp3) is 0.923. The lowest BCUT2D eigenvalue weighted by Gasteiger charge is -2.18. The molecule has 2 fully saturated rings. The van der Waals surface area contributed by atoms with Crippen molar-refractivity contribution < 1.29 is 0 Å². The number of guanidine groups is 1. The number of nitrogens with one attached hydrogen (secondary N) is 2. The highest BCUT2D eigenvalue weighted by Gasteiger charge is 2.34. The van der Waals surface area contributed by atoms with Gasteiger partial charge in [-0.25, -0.2) is 0 Å². The second-order valence-electron chi connectivity index (χ2n) is 5.63. The van der Waals surface area contributed by atoms with Crippen LogP contribution in [0.4, 0.5) is 0 Å². The summed E-state index contributed by atoms with van der Waals surface area (Å²) < 4.78 is 0. The van der Waals surface area contributed by atoms with Crippen molar-refractivity contribution in [1.82, 2.24) is 15.5 Å². The number of likely N-dealkylation sites (tertiary alicyclic amines) is 1. The molecule has 1 saturated carbocycles. The van der Waals surface area contributed by atoms with Crippen molar-refractivity contribution >= 4 is 5.96 Å². The van der Waals surface area contributed by atoms with Gasteiger partial charge in [0.1, 0.15) is 0 Å². The Kier molecular flexibility index (Phi) is 4.26. The number of hydrogen-bond acceptors (Lipinski definition) is 2. The zero-order chi connectivity index (χ0) is 12.3. The van der Waals surface area contributed by atoms with E-state index in [1.54, 1.807) is 0 Å². The molecule has 0 aromatic heterocycles. The third-order valence-corrected chi connectivity index (χ3v) is 3.59. The molecule has 2 N–H and O–H groups in total. The third-order valence-electron chi connectivity index (χ3n) is 3.59. The number of rotatable bonds is 4. The number of nitrogens with zero attached hydrogens (tertiary/aromatic N) is 2. The van der Waals surface area contributed by atoms with Crippen LogP contribution in [0, 0.1) is 5.92 Å². The van der Waals surface area contributed by atoms with Crippen LogP contribution in [-0.4, -0.2) is 49.6 Å². The van der Waals surface area contributed by atoms with Crippen molar-refractivity contribution in [3.63, 3.8) is 0 Å². The molecule has 0 bridgehead atoms. The van der Waals surface area contributed by atoms with Gasteiger partial charge in [0.25, 0.3) is 0 Å². The fourth-order valence-corrected chi connectivity index (χ4v) is 2.51. The first-order chi connectivity index (χ1) is 8.19. The molecule has 4 nitrogen and oxygen atoms in total. The van der Waals surface area contributed by atoms with Gasteiger partial charge in [-0.1, -0.05) is 0 Å². The fourth-order valence-electron chi connectivity index (χ4n) is 2.51. The largest absolute Gasteiger partial charge is 0.356 e. The van der Waals surface area contributed by atoms with Crippen LogP contribution in [0.3, 0.4) is 0 Å². The highest BCUT2D eigenvalue weighted by molar-refractivity contribution is 5.79. The SMILES string of the molecule is CN=C(NCC1CCN(C2CC2)C1)NC(C)C. The van der Waals surface area contributed by atoms with Crippen LogP contribution in [0.25, 0.3) is 0 Å². The van der Waals surface area contributed by atoms with E-state index in [9.17, 15) is 0 Å². The lowest BCUT2D eigenvalue weighted by Crippen LogP contribution is -2.43. The van der Waals surface area contributed by atoms with Gasteiger partial charge in [-0.3, -0.25) is 4.99 Å². The second kappa shape index (κ2) is 5.71. The molecular weight excluding hydrogens is 212 g/mol. The number of aliphatic imine (C=N–C) groups is 1. The summed E-state index contributed by atoms with van der Waals surface area (Å²) >= 11 is 0. The third kappa shape index (κ3) is 3.87. The normalized spacial score (nSPS) is 26.6. The first-order valence-corrected chi connectivity index (χ1v) is 6.90. The van der Waals surface area contributed by atoms with Crippen LogP contribution in [-0.2, 0) is 0 Å². The summed E-state index contributed by atoms with van der Waals surface area (Å²) in [5.41, 5.74) is 0. The molecule has 1 heterocycles. The Hall–Kier alpha value is -0.770. The van der Waals surface area contributed by atoms with Gasteiger partial charge < -0.3 is 15.5 Å². The summed E-state index contributed by atoms with van der Waals surface area (Å²) in [6, 6.07) is 1.36. The van der Waals surface area contributed by atoms with Gasteiger partial charge in [-0.2, -0.15) is 0 Å². The summed E-state index contributed by atoms with van der Waals surface area (Å²) in [7, 11) is 1.84. The summed E-state index contributed by atoms with van der Waals surface area (Å²) in [6.45, 7) is 7.90. The van der Waals surface area contributed by atoms with Crippen molar-refractivity contribution in [2.45, 2.75) is 45.2 Å². The highest BCUT2D eigenvalue weighted by Crippen LogP contribution is 2.31. The van der Waals surface area contributed by atoms with Gasteiger partial charge in [-0.15, -0.1) is 0 Å². The van der Waals surface area contributed by atoms with Crippen molar-refractivity contribution in [1.29, 1.82) is 0 Å². The number of hydrogen-bond donors (Lipinski definition) is 2. The standard InChI is InChI=1S/C13H26N4/c1-10(2)16-13(14-3)15-8-11-6-7-17(9-11)12-4-5-12/h10-12H,4-9H2,1-3H3,(H2,14,15,16). The maximum absolute atomic E-state index is 4.24. The smallest absolute Gasteiger partial charge is 0.191 e. The van der Waals surface area contributed by atoms with E-state index in [0.29, 0.717) is 6.04 Å². The van der Waals surface area contributed by atoms with E-state index in [1.165, 1.54) is 32.4 Å². The van der Waals surface area contributed by atoms with Crippen LogP contribution in [0.5, 0.6) is 0 Å². The summed E-state index contributed by atoms with van der Waals surface area (Å²) in [5, 5.41) is 6.76. The highest BCUT2D eigenvalue weighted by atomic mass is 15.2. The van der Waals surface area contributed by atoms with Gasteiger partial charge >= 0.3 is 0 Å². The maximum atomic E-state index is 4.24. The van der Waals surface area contributed by atoms with Gasteiger partial charge in [0, 0.05) is 32.2 Å². The minimum absolute atomic E-state index is 0.438. The molecule has 0 spiro atoms. The monoisotopic (exact) mass is 238 g/mol. The molecule has 17 heavy (non-hydrogen) atoms. The van der Waals surface area contributed by atoms with E-state index >= 15 is 0 Å². The van der Waals surface area contributed by atoms with Crippen LogP contribution in [0.2, 0.25) is 0 Å². The Morgan fingerprint density at radius 3 is 2.71 bits per heavy atom. The Balaban J connectivity index is 1.67. The molecule has 1 atom stereocenters. The molecule has 0 radical (unpaired) electrons. The van der Waals surface area contributed by atoms with Crippen LogP contribution in [0.15, 0.2) is 4.99 Å². The lowest BCUT2D eigenvalue weighted by molar-refractivity contribution is 0.314. The molecule has 0 aromatic rings. The predicted molar refractivity (Wildman–Crippen MR) is 72.3 cm³/mol. The second-order valence-corrected chi connectivity index (χ2v) is 5.63. The van der Waals surface area contributed by atoms with E-state index in [4.69, 9.17) is 0 Å². The first kappa shape index (κ1) is 12.7. The summed E-state index contributed by atoms with van der Waals surface area (Å²) in [6.07, 6.45) is 4.19. The molecule has 1 aliphatic carbocycles. The van der Waals surface area contributed by atoms with Crippen molar-refractivity contribution in [2.75, 3.05) is 26.7 Å². The van der Waals surface area contributed by atoms with E-state index in [2.05, 4.69) is 34.4 Å². The molecule has 0 aromatic carbocycles. The molecule has 0 amide bonds. The molecule has 2 aliphatic rings. The Morgan fingerprint density at radius 2 is 2.12 bits per heavy atom. The quantitative estimate of drug-likeness (QED) is 0.568. The van der Waals surface area contributed by atoms with Crippen molar-refractivity contribution in [3.05, 3.63) is 0 Å². The Morgan fingerprint density at radius 1 is 1.35 bits per heavy atom. The maximum Gasteiger partial charge on any atom is 0.191 e. The lowest BCUT2D eigenvalue weighted by atomic mass is 10.1. The Bertz CT molecular complexity index is 271. The molecule has 1 aliphatic heterocycles. The van der Waals surface area contributed by atoms with E-state index in [1.807, 2.05) is 7.05 Å². The van der Waals surface area contributed by atoms with Gasteiger partial charge in [-0.05, 0) is 45.6 Å². The van der Waals surface area contributed by atoms with Crippen LogP contribution in [0.1, 0.15) is 33.1 Å². The molecule has 1 unspecified atom stereocenters. The van der Waals surface area contributed by atoms with Crippen molar-refractivity contribution in [2.24, 2.45) is 10.9 Å². The van der Waals surface area contributed by atoms with Gasteiger partial charge in [0.2, 0.25) is 0 Å². The van der Waals surface area contributed by atoms with Gasteiger partial charge in [0.15, 0.2) is 5.96 Å². The molecular formula is C13H26N4. The Labute approximate surface area is 105 Å². The average Bonchev–Trinajstić information content (AvgIpc) is 3.04. The van der Waals surface area contributed by atoms with Crippen LogP contribution >= 0.6 is 0 Å². The zero-order valence-corrected chi connectivity index (χ0v) is 11.4. The summed E-state index contributed by atoms with van der Waals surface area (Å²) in [5.74, 6) is 1.73. The molecule has 1 saturated heterocycles. The average molecular weight is 238 g/mol. The van der Waals surface area contributed by atoms with E-state index in [0.717, 1.165) is 24.5 Å². The first-order valence-electron chi connectivity index (χ1n) is 6.90. The molecule has 4 heteroatoms. The minimum Gasteiger partial charge on any atom is -0.356 e.